The molecule has 0 amide bonds. The quantitative estimate of drug-likeness (QED) is 0.801. The van der Waals surface area contributed by atoms with Gasteiger partial charge in [0.05, 0.1) is 0 Å². The zero-order chi connectivity index (χ0) is 15.5. The number of piperidine rings is 1. The van der Waals surface area contributed by atoms with E-state index in [4.69, 9.17) is 18.0 Å². The molecule has 1 fully saturated rings. The fourth-order valence-electron chi connectivity index (χ4n) is 2.28. The molecule has 0 radical (unpaired) electrons. The molecule has 7 heteroatoms. The van der Waals surface area contributed by atoms with Crippen LogP contribution in [0.25, 0.3) is 0 Å². The summed E-state index contributed by atoms with van der Waals surface area (Å²) in [4.78, 5) is 0.338. The zero-order valence-electron chi connectivity index (χ0n) is 12.1. The van der Waals surface area contributed by atoms with Gasteiger partial charge in [-0.15, -0.1) is 0 Å². The molecule has 5 nitrogen and oxygen atoms in total. The van der Waals surface area contributed by atoms with Crippen molar-refractivity contribution in [3.8, 4) is 0 Å². The number of hydrogen-bond donors (Lipinski definition) is 2. The van der Waals surface area contributed by atoms with Crippen LogP contribution in [0.3, 0.4) is 0 Å². The Kier molecular flexibility index (Phi) is 5.32. The third-order valence-corrected chi connectivity index (χ3v) is 5.57. The topological polar surface area (TPSA) is 75.4 Å². The molecule has 0 unspecified atom stereocenters. The Labute approximate surface area is 131 Å². The van der Waals surface area contributed by atoms with E-state index in [1.54, 1.807) is 12.1 Å². The molecule has 0 aromatic heterocycles. The van der Waals surface area contributed by atoms with Gasteiger partial charge in [-0.2, -0.15) is 17.4 Å². The average molecular weight is 327 g/mol. The minimum Gasteiger partial charge on any atom is -0.389 e. The second kappa shape index (κ2) is 6.83. The van der Waals surface area contributed by atoms with Gasteiger partial charge in [-0.05, 0) is 24.3 Å². The first kappa shape index (κ1) is 16.4. The summed E-state index contributed by atoms with van der Waals surface area (Å²) in [6.07, 6.45) is 1.84. The highest BCUT2D eigenvalue weighted by Gasteiger charge is 2.25. The Morgan fingerprint density at radius 2 is 1.90 bits per heavy atom. The summed E-state index contributed by atoms with van der Waals surface area (Å²) in [7, 11) is -3.40. The molecular formula is C14H21N3O2S2. The Hall–Kier alpha value is -1.02. The van der Waals surface area contributed by atoms with Gasteiger partial charge in [0.2, 0.25) is 0 Å². The van der Waals surface area contributed by atoms with Crippen LogP contribution in [-0.4, -0.2) is 30.8 Å². The van der Waals surface area contributed by atoms with Gasteiger partial charge in [0.15, 0.2) is 0 Å². The van der Waals surface area contributed by atoms with Gasteiger partial charge in [0, 0.05) is 25.2 Å². The smallest absolute Gasteiger partial charge is 0.279 e. The van der Waals surface area contributed by atoms with Gasteiger partial charge in [-0.1, -0.05) is 43.4 Å². The number of thiocarbonyl (C=S) groups is 1. The van der Waals surface area contributed by atoms with Crippen LogP contribution in [0.4, 0.5) is 0 Å². The van der Waals surface area contributed by atoms with E-state index in [0.29, 0.717) is 24.0 Å². The molecule has 0 saturated carbocycles. The normalized spacial score (nSPS) is 17.8. The number of nitrogens with two attached hydrogens (primary N) is 1. The molecule has 21 heavy (non-hydrogen) atoms. The SMILES string of the molecule is CC1CCN(S(=O)(=O)NCc2ccc(C(N)=S)cc2)CC1. The maximum atomic E-state index is 12.2. The van der Waals surface area contributed by atoms with Gasteiger partial charge in [0.25, 0.3) is 10.2 Å². The van der Waals surface area contributed by atoms with E-state index in [1.165, 1.54) is 4.31 Å². The number of rotatable bonds is 5. The molecule has 1 saturated heterocycles. The first-order chi connectivity index (χ1) is 9.88. The summed E-state index contributed by atoms with van der Waals surface area (Å²) in [5, 5.41) is 0. The van der Waals surface area contributed by atoms with Crippen molar-refractivity contribution in [3.63, 3.8) is 0 Å². The molecule has 2 rings (SSSR count). The second-order valence-electron chi connectivity index (χ2n) is 5.47. The monoisotopic (exact) mass is 327 g/mol. The summed E-state index contributed by atoms with van der Waals surface area (Å²) in [5.74, 6) is 0.601. The van der Waals surface area contributed by atoms with Crippen molar-refractivity contribution in [2.45, 2.75) is 26.3 Å². The van der Waals surface area contributed by atoms with Gasteiger partial charge < -0.3 is 5.73 Å². The summed E-state index contributed by atoms with van der Waals surface area (Å²) in [6, 6.07) is 7.26. The minimum atomic E-state index is -3.40. The highest BCUT2D eigenvalue weighted by atomic mass is 32.2. The van der Waals surface area contributed by atoms with E-state index in [0.717, 1.165) is 24.0 Å². The summed E-state index contributed by atoms with van der Waals surface area (Å²) in [6.45, 7) is 3.61. The average Bonchev–Trinajstić information content (AvgIpc) is 2.46. The van der Waals surface area contributed by atoms with Crippen LogP contribution in [-0.2, 0) is 16.8 Å². The maximum absolute atomic E-state index is 12.2. The molecule has 1 aromatic carbocycles. The van der Waals surface area contributed by atoms with Crippen LogP contribution in [0.1, 0.15) is 30.9 Å². The first-order valence-corrected chi connectivity index (χ1v) is 8.87. The highest BCUT2D eigenvalue weighted by molar-refractivity contribution is 7.87. The van der Waals surface area contributed by atoms with Gasteiger partial charge >= 0.3 is 0 Å². The lowest BCUT2D eigenvalue weighted by molar-refractivity contribution is 0.285. The molecule has 1 aliphatic heterocycles. The molecule has 0 atom stereocenters. The van der Waals surface area contributed by atoms with Crippen molar-refractivity contribution < 1.29 is 8.42 Å². The van der Waals surface area contributed by atoms with Gasteiger partial charge in [-0.25, -0.2) is 0 Å². The molecular weight excluding hydrogens is 306 g/mol. The third-order valence-electron chi connectivity index (χ3n) is 3.78. The Morgan fingerprint density at radius 3 is 2.43 bits per heavy atom. The Balaban J connectivity index is 1.93. The molecule has 0 spiro atoms. The van der Waals surface area contributed by atoms with Crippen molar-refractivity contribution in [2.24, 2.45) is 11.7 Å². The van der Waals surface area contributed by atoms with Gasteiger partial charge in [0.1, 0.15) is 4.99 Å². The van der Waals surface area contributed by atoms with Crippen LogP contribution in [0.2, 0.25) is 0 Å². The van der Waals surface area contributed by atoms with Crippen molar-refractivity contribution in [1.29, 1.82) is 0 Å². The predicted molar refractivity (Wildman–Crippen MR) is 88.1 cm³/mol. The minimum absolute atomic E-state index is 0.270. The number of hydrogen-bond acceptors (Lipinski definition) is 3. The molecule has 3 N–H and O–H groups in total. The van der Waals surface area contributed by atoms with E-state index >= 15 is 0 Å². The maximum Gasteiger partial charge on any atom is 0.279 e. The fraction of sp³-hybridized carbons (Fsp3) is 0.500. The van der Waals surface area contributed by atoms with Gasteiger partial charge in [-0.3, -0.25) is 0 Å². The highest BCUT2D eigenvalue weighted by Crippen LogP contribution is 2.18. The number of nitrogens with one attached hydrogen (secondary N) is 1. The fourth-order valence-corrected chi connectivity index (χ4v) is 3.64. The first-order valence-electron chi connectivity index (χ1n) is 7.02. The van der Waals surface area contributed by atoms with Crippen LogP contribution in [0, 0.1) is 5.92 Å². The standard InChI is InChI=1S/C14H21N3O2S2/c1-11-6-8-17(9-7-11)21(18,19)16-10-12-2-4-13(5-3-12)14(15)20/h2-5,11,16H,6-10H2,1H3,(H2,15,20). The van der Waals surface area contributed by atoms with E-state index in [-0.39, 0.29) is 6.54 Å². The summed E-state index contributed by atoms with van der Waals surface area (Å²) < 4.78 is 28.6. The number of nitrogens with zero attached hydrogens (tertiary/aromatic N) is 1. The third kappa shape index (κ3) is 4.47. The lowest BCUT2D eigenvalue weighted by atomic mass is 10.0. The molecule has 0 bridgehead atoms. The van der Waals surface area contributed by atoms with Crippen LogP contribution < -0.4 is 10.5 Å². The van der Waals surface area contributed by atoms with E-state index < -0.39 is 10.2 Å². The largest absolute Gasteiger partial charge is 0.389 e. The zero-order valence-corrected chi connectivity index (χ0v) is 13.7. The number of benzene rings is 1. The molecule has 1 aliphatic rings. The lowest BCUT2D eigenvalue weighted by Crippen LogP contribution is -2.44. The second-order valence-corrected chi connectivity index (χ2v) is 7.66. The molecule has 1 heterocycles. The van der Waals surface area contributed by atoms with E-state index in [1.807, 2.05) is 12.1 Å². The summed E-state index contributed by atoms with van der Waals surface area (Å²) >= 11 is 4.88. The molecule has 1 aromatic rings. The molecule has 0 aliphatic carbocycles. The Bertz CT molecular complexity index is 591. The van der Waals surface area contributed by atoms with Crippen molar-refractivity contribution >= 4 is 27.4 Å². The van der Waals surface area contributed by atoms with E-state index in [9.17, 15) is 8.42 Å². The molecule has 116 valence electrons. The van der Waals surface area contributed by atoms with Crippen LogP contribution >= 0.6 is 12.2 Å². The predicted octanol–water partition coefficient (Wildman–Crippen LogP) is 1.39. The van der Waals surface area contributed by atoms with Crippen molar-refractivity contribution in [2.75, 3.05) is 13.1 Å². The van der Waals surface area contributed by atoms with E-state index in [2.05, 4.69) is 11.6 Å². The Morgan fingerprint density at radius 1 is 1.33 bits per heavy atom. The lowest BCUT2D eigenvalue weighted by Gasteiger charge is -2.29. The summed E-state index contributed by atoms with van der Waals surface area (Å²) in [5.41, 5.74) is 7.19. The van der Waals surface area contributed by atoms with Crippen molar-refractivity contribution in [3.05, 3.63) is 35.4 Å². The van der Waals surface area contributed by atoms with Crippen LogP contribution in [0.15, 0.2) is 24.3 Å². The van der Waals surface area contributed by atoms with Crippen LogP contribution in [0.5, 0.6) is 0 Å². The van der Waals surface area contributed by atoms with Crippen molar-refractivity contribution in [1.82, 2.24) is 9.03 Å².